The van der Waals surface area contributed by atoms with E-state index in [1.54, 1.807) is 17.9 Å². The molecule has 1 aromatic rings. The van der Waals surface area contributed by atoms with Crippen molar-refractivity contribution in [3.05, 3.63) is 46.7 Å². The van der Waals surface area contributed by atoms with Crippen LogP contribution in [-0.2, 0) is 14.3 Å². The molecule has 0 spiro atoms. The van der Waals surface area contributed by atoms with Crippen LogP contribution in [-0.4, -0.2) is 37.0 Å². The average Bonchev–Trinajstić information content (AvgIpc) is 2.80. The Morgan fingerprint density at radius 3 is 2.40 bits per heavy atom. The first-order chi connectivity index (χ1) is 11.9. The molecular formula is C20H25NO4. The number of amides is 1. The van der Waals surface area contributed by atoms with Crippen LogP contribution in [0, 0.1) is 5.92 Å². The molecule has 5 heteroatoms. The number of benzene rings is 1. The number of carbonyl (C=O) groups is 2. The summed E-state index contributed by atoms with van der Waals surface area (Å²) in [6, 6.07) is 7.41. The number of nitrogens with zero attached hydrogens (tertiary/aromatic N) is 1. The van der Waals surface area contributed by atoms with Crippen molar-refractivity contribution in [3.8, 4) is 5.75 Å². The molecule has 0 unspecified atom stereocenters. The third-order valence-electron chi connectivity index (χ3n) is 3.95. The third-order valence-corrected chi connectivity index (χ3v) is 3.95. The van der Waals surface area contributed by atoms with Crippen LogP contribution in [0.15, 0.2) is 41.1 Å². The van der Waals surface area contributed by atoms with E-state index in [1.807, 2.05) is 45.0 Å². The zero-order valence-corrected chi connectivity index (χ0v) is 15.5. The monoisotopic (exact) mass is 343 g/mol. The van der Waals surface area contributed by atoms with Gasteiger partial charge in [-0.15, -0.1) is 0 Å². The van der Waals surface area contributed by atoms with Crippen LogP contribution < -0.4 is 4.74 Å². The van der Waals surface area contributed by atoms with Crippen LogP contribution in [0.3, 0.4) is 0 Å². The summed E-state index contributed by atoms with van der Waals surface area (Å²) in [6.45, 7) is 8.93. The summed E-state index contributed by atoms with van der Waals surface area (Å²) in [4.78, 5) is 26.7. The van der Waals surface area contributed by atoms with Crippen LogP contribution >= 0.6 is 0 Å². The van der Waals surface area contributed by atoms with Crippen molar-refractivity contribution in [2.45, 2.75) is 27.7 Å². The van der Waals surface area contributed by atoms with Crippen molar-refractivity contribution in [1.82, 2.24) is 4.90 Å². The van der Waals surface area contributed by atoms with Gasteiger partial charge in [0, 0.05) is 12.2 Å². The average molecular weight is 343 g/mol. The van der Waals surface area contributed by atoms with Gasteiger partial charge in [0.2, 0.25) is 0 Å². The number of carbonyl (C=O) groups excluding carboxylic acids is 2. The lowest BCUT2D eigenvalue weighted by atomic mass is 10.0. The molecule has 0 aromatic heterocycles. The highest BCUT2D eigenvalue weighted by Crippen LogP contribution is 2.32. The van der Waals surface area contributed by atoms with E-state index in [1.165, 1.54) is 7.11 Å². The summed E-state index contributed by atoms with van der Waals surface area (Å²) in [5.41, 5.74) is 2.17. The van der Waals surface area contributed by atoms with Crippen molar-refractivity contribution in [1.29, 1.82) is 0 Å². The zero-order chi connectivity index (χ0) is 18.6. The molecule has 25 heavy (non-hydrogen) atoms. The molecule has 2 rings (SSSR count). The number of rotatable bonds is 6. The molecule has 1 heterocycles. The molecule has 5 nitrogen and oxygen atoms in total. The van der Waals surface area contributed by atoms with Crippen LogP contribution in [0.25, 0.3) is 6.08 Å². The summed E-state index contributed by atoms with van der Waals surface area (Å²) in [5.74, 6) is 0.404. The Bertz CT molecular complexity index is 714. The molecule has 0 bridgehead atoms. The molecule has 1 aromatic carbocycles. The first kappa shape index (κ1) is 18.8. The minimum Gasteiger partial charge on any atom is -0.494 e. The fourth-order valence-corrected chi connectivity index (χ4v) is 2.81. The van der Waals surface area contributed by atoms with Crippen molar-refractivity contribution in [3.63, 3.8) is 0 Å². The highest BCUT2D eigenvalue weighted by atomic mass is 16.5. The van der Waals surface area contributed by atoms with Crippen LogP contribution in [0.5, 0.6) is 5.75 Å². The summed E-state index contributed by atoms with van der Waals surface area (Å²) in [5, 5.41) is 0. The first-order valence-corrected chi connectivity index (χ1v) is 8.45. The highest BCUT2D eigenvalue weighted by Gasteiger charge is 2.37. The van der Waals surface area contributed by atoms with Crippen molar-refractivity contribution < 1.29 is 19.1 Å². The fourth-order valence-electron chi connectivity index (χ4n) is 2.81. The lowest BCUT2D eigenvalue weighted by Gasteiger charge is -2.19. The van der Waals surface area contributed by atoms with Gasteiger partial charge in [-0.25, -0.2) is 4.79 Å². The summed E-state index contributed by atoms with van der Waals surface area (Å²) in [6.07, 6.45) is 1.73. The second kappa shape index (κ2) is 8.01. The summed E-state index contributed by atoms with van der Waals surface area (Å²) >= 11 is 0. The topological polar surface area (TPSA) is 55.8 Å². The van der Waals surface area contributed by atoms with Crippen molar-refractivity contribution >= 4 is 18.0 Å². The van der Waals surface area contributed by atoms with Gasteiger partial charge in [-0.05, 0) is 43.5 Å². The fraction of sp³-hybridized carbons (Fsp3) is 0.400. The second-order valence-electron chi connectivity index (χ2n) is 6.32. The maximum atomic E-state index is 12.8. The SMILES string of the molecule is CCOc1ccc(/C=C2\C(=O)N(CC(C)C)C(C)=C2C(=O)OC)cc1. The van der Waals surface area contributed by atoms with Gasteiger partial charge in [0.05, 0.1) is 24.9 Å². The molecule has 0 aliphatic carbocycles. The van der Waals surface area contributed by atoms with Crippen LogP contribution in [0.2, 0.25) is 0 Å². The number of hydrogen-bond donors (Lipinski definition) is 0. The third kappa shape index (κ3) is 4.10. The van der Waals surface area contributed by atoms with E-state index in [4.69, 9.17) is 9.47 Å². The Morgan fingerprint density at radius 1 is 1.24 bits per heavy atom. The molecule has 0 radical (unpaired) electrons. The number of allylic oxidation sites excluding steroid dienone is 1. The van der Waals surface area contributed by atoms with E-state index in [9.17, 15) is 9.59 Å². The van der Waals surface area contributed by atoms with E-state index in [-0.39, 0.29) is 5.91 Å². The number of esters is 1. The first-order valence-electron chi connectivity index (χ1n) is 8.45. The van der Waals surface area contributed by atoms with E-state index in [0.29, 0.717) is 35.9 Å². The quantitative estimate of drug-likeness (QED) is 0.587. The van der Waals surface area contributed by atoms with Gasteiger partial charge in [-0.1, -0.05) is 26.0 Å². The van der Waals surface area contributed by atoms with Gasteiger partial charge in [0.1, 0.15) is 5.75 Å². The van der Waals surface area contributed by atoms with Gasteiger partial charge < -0.3 is 14.4 Å². The number of ether oxygens (including phenoxy) is 2. The predicted molar refractivity (Wildman–Crippen MR) is 96.9 cm³/mol. The Balaban J connectivity index is 2.42. The molecule has 1 aliphatic rings. The second-order valence-corrected chi connectivity index (χ2v) is 6.32. The molecule has 0 fully saturated rings. The minimum atomic E-state index is -0.491. The van der Waals surface area contributed by atoms with E-state index >= 15 is 0 Å². The van der Waals surface area contributed by atoms with Gasteiger partial charge in [-0.3, -0.25) is 4.79 Å². The molecule has 0 saturated carbocycles. The number of hydrogen-bond acceptors (Lipinski definition) is 4. The highest BCUT2D eigenvalue weighted by molar-refractivity contribution is 6.16. The molecule has 1 aliphatic heterocycles. The Hall–Kier alpha value is -2.56. The smallest absolute Gasteiger partial charge is 0.340 e. The normalized spacial score (nSPS) is 16.2. The lowest BCUT2D eigenvalue weighted by molar-refractivity contribution is -0.136. The van der Waals surface area contributed by atoms with Crippen molar-refractivity contribution in [2.75, 3.05) is 20.3 Å². The maximum absolute atomic E-state index is 12.8. The predicted octanol–water partition coefficient (Wildman–Crippen LogP) is 3.41. The van der Waals surface area contributed by atoms with Gasteiger partial charge >= 0.3 is 5.97 Å². The molecular weight excluding hydrogens is 318 g/mol. The van der Waals surface area contributed by atoms with E-state index in [2.05, 4.69) is 0 Å². The van der Waals surface area contributed by atoms with E-state index < -0.39 is 5.97 Å². The molecule has 0 atom stereocenters. The molecule has 1 amide bonds. The van der Waals surface area contributed by atoms with Crippen LogP contribution in [0.4, 0.5) is 0 Å². The largest absolute Gasteiger partial charge is 0.494 e. The van der Waals surface area contributed by atoms with Gasteiger partial charge in [0.25, 0.3) is 5.91 Å². The molecule has 0 saturated heterocycles. The Morgan fingerprint density at radius 2 is 1.88 bits per heavy atom. The van der Waals surface area contributed by atoms with Gasteiger partial charge in [0.15, 0.2) is 0 Å². The number of methoxy groups -OCH3 is 1. The lowest BCUT2D eigenvalue weighted by Crippen LogP contribution is -2.28. The Labute approximate surface area is 148 Å². The summed E-state index contributed by atoms with van der Waals surface area (Å²) < 4.78 is 10.3. The summed E-state index contributed by atoms with van der Waals surface area (Å²) in [7, 11) is 1.33. The molecule has 134 valence electrons. The van der Waals surface area contributed by atoms with Gasteiger partial charge in [-0.2, -0.15) is 0 Å². The standard InChI is InChI=1S/C20H25NO4/c1-6-25-16-9-7-15(8-10-16)11-17-18(20(23)24-5)14(4)21(19(17)22)12-13(2)3/h7-11,13H,6,12H2,1-5H3/b17-11-. The van der Waals surface area contributed by atoms with E-state index in [0.717, 1.165) is 11.3 Å². The van der Waals surface area contributed by atoms with Crippen LogP contribution in [0.1, 0.15) is 33.3 Å². The minimum absolute atomic E-state index is 0.166. The van der Waals surface area contributed by atoms with Crippen molar-refractivity contribution in [2.24, 2.45) is 5.92 Å². The molecule has 0 N–H and O–H groups in total. The Kier molecular flexibility index (Phi) is 6.02. The maximum Gasteiger partial charge on any atom is 0.340 e. The zero-order valence-electron chi connectivity index (χ0n) is 15.5.